The summed E-state index contributed by atoms with van der Waals surface area (Å²) in [7, 11) is 0. The molecule has 3 aromatic rings. The van der Waals surface area contributed by atoms with E-state index in [4.69, 9.17) is 9.15 Å². The van der Waals surface area contributed by atoms with Gasteiger partial charge < -0.3 is 14.4 Å². The first kappa shape index (κ1) is 14.7. The molecule has 0 N–H and O–H groups in total. The SMILES string of the molecule is C[C@H](OC(=O)c1cccc[n+]1[O-])c1nnc(-c2ccccc2)o1. The topological polar surface area (TPSA) is 92.2 Å². The molecular weight excluding hydrogens is 298 g/mol. The molecule has 7 heteroatoms. The fourth-order valence-corrected chi connectivity index (χ4v) is 1.95. The molecule has 3 rings (SSSR count). The summed E-state index contributed by atoms with van der Waals surface area (Å²) in [5.74, 6) is -0.264. The normalized spacial score (nSPS) is 11.9. The molecule has 0 aliphatic heterocycles. The van der Waals surface area contributed by atoms with E-state index in [9.17, 15) is 10.0 Å². The van der Waals surface area contributed by atoms with E-state index in [1.807, 2.05) is 30.3 Å². The summed E-state index contributed by atoms with van der Waals surface area (Å²) in [4.78, 5) is 12.0. The summed E-state index contributed by atoms with van der Waals surface area (Å²) in [5, 5.41) is 19.3. The first-order chi connectivity index (χ1) is 11.1. The van der Waals surface area contributed by atoms with Crippen molar-refractivity contribution in [2.45, 2.75) is 13.0 Å². The highest BCUT2D eigenvalue weighted by molar-refractivity contribution is 5.85. The Balaban J connectivity index is 1.74. The Labute approximate surface area is 131 Å². The molecule has 2 heterocycles. The van der Waals surface area contributed by atoms with E-state index < -0.39 is 12.1 Å². The van der Waals surface area contributed by atoms with Crippen LogP contribution in [0.5, 0.6) is 0 Å². The Morgan fingerprint density at radius 3 is 2.65 bits per heavy atom. The fraction of sp³-hybridized carbons (Fsp3) is 0.125. The molecule has 0 saturated heterocycles. The lowest BCUT2D eigenvalue weighted by Crippen LogP contribution is -2.34. The van der Waals surface area contributed by atoms with Crippen LogP contribution in [0.15, 0.2) is 59.1 Å². The van der Waals surface area contributed by atoms with Gasteiger partial charge in [-0.1, -0.05) is 18.2 Å². The molecule has 0 saturated carbocycles. The molecule has 0 spiro atoms. The smallest absolute Gasteiger partial charge is 0.405 e. The van der Waals surface area contributed by atoms with Crippen molar-refractivity contribution < 1.29 is 18.7 Å². The maximum atomic E-state index is 12.0. The highest BCUT2D eigenvalue weighted by Gasteiger charge is 2.24. The summed E-state index contributed by atoms with van der Waals surface area (Å²) in [5.41, 5.74) is 0.660. The molecule has 0 aliphatic carbocycles. The number of esters is 1. The van der Waals surface area contributed by atoms with E-state index in [2.05, 4.69) is 10.2 Å². The minimum Gasteiger partial charge on any atom is -0.618 e. The average Bonchev–Trinajstić information content (AvgIpc) is 3.06. The molecule has 0 bridgehead atoms. The number of ether oxygens (including phenoxy) is 1. The van der Waals surface area contributed by atoms with Gasteiger partial charge in [-0.25, -0.2) is 4.79 Å². The van der Waals surface area contributed by atoms with Crippen LogP contribution in [0.4, 0.5) is 0 Å². The van der Waals surface area contributed by atoms with Gasteiger partial charge in [0.1, 0.15) is 0 Å². The van der Waals surface area contributed by atoms with Gasteiger partial charge in [0.15, 0.2) is 12.3 Å². The van der Waals surface area contributed by atoms with Crippen molar-refractivity contribution in [2.75, 3.05) is 0 Å². The predicted octanol–water partition coefficient (Wildman–Crippen LogP) is 2.29. The minimum absolute atomic E-state index is 0.109. The van der Waals surface area contributed by atoms with E-state index in [0.29, 0.717) is 10.6 Å². The number of aromatic nitrogens is 3. The number of pyridine rings is 1. The van der Waals surface area contributed by atoms with Gasteiger partial charge in [-0.3, -0.25) is 0 Å². The number of hydrogen-bond acceptors (Lipinski definition) is 6. The second-order valence-electron chi connectivity index (χ2n) is 4.77. The Hall–Kier alpha value is -3.22. The van der Waals surface area contributed by atoms with E-state index >= 15 is 0 Å². The van der Waals surface area contributed by atoms with Crippen LogP contribution in [0.3, 0.4) is 0 Å². The van der Waals surface area contributed by atoms with Crippen molar-refractivity contribution in [1.29, 1.82) is 0 Å². The molecule has 0 aliphatic rings. The van der Waals surface area contributed by atoms with Crippen molar-refractivity contribution in [3.05, 3.63) is 71.5 Å². The molecule has 0 fully saturated rings. The first-order valence-corrected chi connectivity index (χ1v) is 6.93. The van der Waals surface area contributed by atoms with Crippen molar-refractivity contribution in [3.63, 3.8) is 0 Å². The summed E-state index contributed by atoms with van der Waals surface area (Å²) in [6, 6.07) is 13.7. The van der Waals surface area contributed by atoms with Crippen LogP contribution in [-0.2, 0) is 4.74 Å². The van der Waals surface area contributed by atoms with Gasteiger partial charge in [0.05, 0.1) is 0 Å². The molecule has 23 heavy (non-hydrogen) atoms. The van der Waals surface area contributed by atoms with Crippen LogP contribution < -0.4 is 4.73 Å². The number of carbonyl (C=O) groups excluding carboxylic acids is 1. The Morgan fingerprint density at radius 1 is 1.17 bits per heavy atom. The quantitative estimate of drug-likeness (QED) is 0.417. The molecule has 0 amide bonds. The lowest BCUT2D eigenvalue weighted by Gasteiger charge is -2.08. The van der Waals surface area contributed by atoms with Crippen LogP contribution in [0.2, 0.25) is 0 Å². The van der Waals surface area contributed by atoms with E-state index in [-0.39, 0.29) is 11.6 Å². The van der Waals surface area contributed by atoms with Gasteiger partial charge in [0.25, 0.3) is 5.89 Å². The third-order valence-electron chi connectivity index (χ3n) is 3.13. The average molecular weight is 311 g/mol. The second-order valence-corrected chi connectivity index (χ2v) is 4.77. The molecule has 1 aromatic carbocycles. The maximum absolute atomic E-state index is 12.0. The van der Waals surface area contributed by atoms with Gasteiger partial charge in [-0.2, -0.15) is 4.73 Å². The van der Waals surface area contributed by atoms with Gasteiger partial charge in [0.2, 0.25) is 5.89 Å². The lowest BCUT2D eigenvalue weighted by molar-refractivity contribution is -0.608. The third-order valence-corrected chi connectivity index (χ3v) is 3.13. The van der Waals surface area contributed by atoms with Crippen molar-refractivity contribution in [3.8, 4) is 11.5 Å². The molecule has 2 aromatic heterocycles. The van der Waals surface area contributed by atoms with Crippen LogP contribution in [0, 0.1) is 5.21 Å². The number of rotatable bonds is 4. The third kappa shape index (κ3) is 3.18. The van der Waals surface area contributed by atoms with Crippen LogP contribution in [0.1, 0.15) is 29.4 Å². The fourth-order valence-electron chi connectivity index (χ4n) is 1.95. The molecule has 1 atom stereocenters. The molecular formula is C16H13N3O4. The van der Waals surface area contributed by atoms with Gasteiger partial charge in [-0.05, 0) is 25.1 Å². The summed E-state index contributed by atoms with van der Waals surface area (Å²) in [6.45, 7) is 1.60. The van der Waals surface area contributed by atoms with Crippen molar-refractivity contribution >= 4 is 5.97 Å². The van der Waals surface area contributed by atoms with Gasteiger partial charge >= 0.3 is 11.7 Å². The lowest BCUT2D eigenvalue weighted by atomic mass is 10.2. The Kier molecular flexibility index (Phi) is 4.01. The maximum Gasteiger partial charge on any atom is 0.405 e. The standard InChI is InChI=1S/C16H13N3O4/c1-11(22-16(20)13-9-5-6-10-19(13)21)14-17-18-15(23-14)12-7-3-2-4-8-12/h2-11H,1H3/t11-/m0/s1. The number of hydrogen-bond donors (Lipinski definition) is 0. The zero-order valence-corrected chi connectivity index (χ0v) is 12.2. The van der Waals surface area contributed by atoms with Crippen molar-refractivity contribution in [1.82, 2.24) is 10.2 Å². The summed E-state index contributed by atoms with van der Waals surface area (Å²) >= 11 is 0. The Morgan fingerprint density at radius 2 is 1.91 bits per heavy atom. The zero-order chi connectivity index (χ0) is 16.2. The largest absolute Gasteiger partial charge is 0.618 e. The highest BCUT2D eigenvalue weighted by atomic mass is 16.6. The van der Waals surface area contributed by atoms with Crippen LogP contribution in [-0.4, -0.2) is 16.2 Å². The molecule has 116 valence electrons. The summed E-state index contributed by atoms with van der Waals surface area (Å²) < 4.78 is 11.2. The number of nitrogens with zero attached hydrogens (tertiary/aromatic N) is 3. The minimum atomic E-state index is -0.771. The van der Waals surface area contributed by atoms with E-state index in [0.717, 1.165) is 5.56 Å². The van der Waals surface area contributed by atoms with E-state index in [1.54, 1.807) is 13.0 Å². The number of carbonyl (C=O) groups is 1. The summed E-state index contributed by atoms with van der Waals surface area (Å²) in [6.07, 6.45) is 0.453. The highest BCUT2D eigenvalue weighted by Crippen LogP contribution is 2.22. The van der Waals surface area contributed by atoms with Crippen LogP contribution in [0.25, 0.3) is 11.5 Å². The molecule has 7 nitrogen and oxygen atoms in total. The predicted molar refractivity (Wildman–Crippen MR) is 79.0 cm³/mol. The van der Waals surface area contributed by atoms with Gasteiger partial charge in [-0.15, -0.1) is 10.2 Å². The molecule has 0 unspecified atom stereocenters. The second kappa shape index (κ2) is 6.27. The molecule has 0 radical (unpaired) electrons. The van der Waals surface area contributed by atoms with Crippen LogP contribution >= 0.6 is 0 Å². The first-order valence-electron chi connectivity index (χ1n) is 6.93. The Bertz CT molecular complexity index is 817. The monoisotopic (exact) mass is 311 g/mol. The number of benzene rings is 1. The van der Waals surface area contributed by atoms with Crippen molar-refractivity contribution in [2.24, 2.45) is 0 Å². The van der Waals surface area contributed by atoms with Gasteiger partial charge in [0, 0.05) is 17.7 Å². The van der Waals surface area contributed by atoms with E-state index in [1.165, 1.54) is 18.3 Å². The zero-order valence-electron chi connectivity index (χ0n) is 12.2.